The summed E-state index contributed by atoms with van der Waals surface area (Å²) in [5.41, 5.74) is 5.67. The largest absolute Gasteiger partial charge is 0.469 e. The molecule has 6 nitrogen and oxygen atoms in total. The van der Waals surface area contributed by atoms with Gasteiger partial charge in [-0.3, -0.25) is 4.79 Å². The second-order valence-corrected chi connectivity index (χ2v) is 21.9. The van der Waals surface area contributed by atoms with Crippen LogP contribution in [0.25, 0.3) is 0 Å². The Morgan fingerprint density at radius 3 is 2.40 bits per heavy atom. The van der Waals surface area contributed by atoms with Gasteiger partial charge in [-0.2, -0.15) is 0 Å². The quantitative estimate of drug-likeness (QED) is 0.203. The van der Waals surface area contributed by atoms with E-state index in [9.17, 15) is 13.2 Å². The molecule has 4 saturated carbocycles. The third-order valence-electron chi connectivity index (χ3n) is 17.2. The van der Waals surface area contributed by atoms with Crippen LogP contribution in [0.15, 0.2) is 35.5 Å². The van der Waals surface area contributed by atoms with E-state index < -0.39 is 9.84 Å². The van der Waals surface area contributed by atoms with E-state index in [2.05, 4.69) is 70.5 Å². The summed E-state index contributed by atoms with van der Waals surface area (Å²) in [5, 5.41) is 4.23. The average molecular weight is 709 g/mol. The molecule has 1 aliphatic heterocycles. The lowest BCUT2D eigenvalue weighted by molar-refractivity contribution is -0.221. The van der Waals surface area contributed by atoms with Gasteiger partial charge in [0.15, 0.2) is 9.84 Å². The monoisotopic (exact) mass is 708 g/mol. The minimum Gasteiger partial charge on any atom is -0.469 e. The summed E-state index contributed by atoms with van der Waals surface area (Å²) < 4.78 is 29.1. The maximum Gasteiger partial charge on any atom is 0.306 e. The van der Waals surface area contributed by atoms with E-state index in [0.29, 0.717) is 71.4 Å². The Morgan fingerprint density at radius 1 is 0.960 bits per heavy atom. The Balaban J connectivity index is 1.12. The van der Waals surface area contributed by atoms with Crippen molar-refractivity contribution in [1.29, 1.82) is 0 Å². The molecular formula is C43H68N2O4S. The molecule has 1 N–H and O–H groups in total. The Bertz CT molecular complexity index is 1530. The van der Waals surface area contributed by atoms with Crippen LogP contribution in [0.3, 0.4) is 0 Å². The van der Waals surface area contributed by atoms with Gasteiger partial charge < -0.3 is 15.0 Å². The molecule has 6 aliphatic carbocycles. The van der Waals surface area contributed by atoms with Crippen LogP contribution < -0.4 is 5.32 Å². The second-order valence-electron chi connectivity index (χ2n) is 19.6. The Labute approximate surface area is 304 Å². The summed E-state index contributed by atoms with van der Waals surface area (Å²) in [6.45, 7) is 23.4. The third-order valence-corrected chi connectivity index (χ3v) is 18.8. The maximum atomic E-state index is 12.1. The number of methoxy groups -OCH3 is 1. The maximum absolute atomic E-state index is 12.1. The lowest BCUT2D eigenvalue weighted by atomic mass is 9.33. The fourth-order valence-electron chi connectivity index (χ4n) is 14.5. The van der Waals surface area contributed by atoms with Gasteiger partial charge in [0.25, 0.3) is 0 Å². The molecule has 0 bridgehead atoms. The molecule has 10 atom stereocenters. The van der Waals surface area contributed by atoms with Crippen LogP contribution in [0.5, 0.6) is 0 Å². The van der Waals surface area contributed by atoms with Gasteiger partial charge in [-0.25, -0.2) is 8.42 Å². The Hall–Kier alpha value is -1.44. The highest BCUT2D eigenvalue weighted by atomic mass is 32.2. The fourth-order valence-corrected chi connectivity index (χ4v) is 15.8. The average Bonchev–Trinajstić information content (AvgIpc) is 3.67. The molecule has 0 spiro atoms. The van der Waals surface area contributed by atoms with Gasteiger partial charge >= 0.3 is 5.97 Å². The van der Waals surface area contributed by atoms with Crippen molar-refractivity contribution < 1.29 is 17.9 Å². The lowest BCUT2D eigenvalue weighted by Crippen LogP contribution is -2.68. The van der Waals surface area contributed by atoms with Crippen molar-refractivity contribution in [2.75, 3.05) is 44.8 Å². The standard InChI is InChI=1S/C43H68N2O4S/c1-29(2)32-13-18-43(44-21-22-45-23-25-50(47,48)26-24-45)20-19-41(6)34(38(32)43)11-12-36-40(5)16-14-33(31-10-9-30(27-31)28-37(46)49-8)39(3,4)35(40)15-17-42(36,41)7/h14,27,30,32,34-36,38,44H,1,9-13,15-26,28H2,2-8H3. The highest BCUT2D eigenvalue weighted by Gasteiger charge is 2.70. The molecule has 0 radical (unpaired) electrons. The number of rotatable bonds is 8. The Morgan fingerprint density at radius 2 is 1.70 bits per heavy atom. The van der Waals surface area contributed by atoms with E-state index in [-0.39, 0.29) is 22.3 Å². The van der Waals surface area contributed by atoms with Crippen molar-refractivity contribution in [2.45, 2.75) is 124 Å². The van der Waals surface area contributed by atoms with Gasteiger partial charge in [0.05, 0.1) is 25.0 Å². The van der Waals surface area contributed by atoms with Gasteiger partial charge in [-0.15, -0.1) is 0 Å². The van der Waals surface area contributed by atoms with Gasteiger partial charge in [0, 0.05) is 31.7 Å². The molecular weight excluding hydrogens is 641 g/mol. The van der Waals surface area contributed by atoms with Crippen LogP contribution in [0, 0.1) is 57.2 Å². The van der Waals surface area contributed by atoms with Crippen molar-refractivity contribution in [3.8, 4) is 0 Å². The normalized spacial score (nSPS) is 44.9. The smallest absolute Gasteiger partial charge is 0.306 e. The molecule has 1 heterocycles. The molecule has 0 aromatic heterocycles. The van der Waals surface area contributed by atoms with Gasteiger partial charge in [0.2, 0.25) is 0 Å². The van der Waals surface area contributed by atoms with E-state index in [1.54, 1.807) is 5.57 Å². The number of ether oxygens (including phenoxy) is 1. The third kappa shape index (κ3) is 5.76. The zero-order chi connectivity index (χ0) is 35.9. The number of hydrogen-bond donors (Lipinski definition) is 1. The Kier molecular flexibility index (Phi) is 9.49. The highest BCUT2D eigenvalue weighted by molar-refractivity contribution is 7.91. The zero-order valence-electron chi connectivity index (χ0n) is 32.5. The molecule has 1 saturated heterocycles. The molecule has 7 rings (SSSR count). The van der Waals surface area contributed by atoms with Crippen LogP contribution in [0.2, 0.25) is 0 Å². The van der Waals surface area contributed by atoms with Crippen LogP contribution in [0.1, 0.15) is 119 Å². The fraction of sp³-hybridized carbons (Fsp3) is 0.837. The second kappa shape index (κ2) is 12.9. The van der Waals surface area contributed by atoms with Crippen molar-refractivity contribution in [3.63, 3.8) is 0 Å². The zero-order valence-corrected chi connectivity index (χ0v) is 33.4. The summed E-state index contributed by atoms with van der Waals surface area (Å²) in [4.78, 5) is 14.4. The number of esters is 1. The summed E-state index contributed by atoms with van der Waals surface area (Å²) in [7, 11) is -1.35. The van der Waals surface area contributed by atoms with Crippen molar-refractivity contribution in [2.24, 2.45) is 57.2 Å². The molecule has 0 amide bonds. The van der Waals surface area contributed by atoms with Gasteiger partial charge in [-0.05, 0) is 146 Å². The molecule has 10 unspecified atom stereocenters. The van der Waals surface area contributed by atoms with E-state index in [1.807, 2.05) is 0 Å². The van der Waals surface area contributed by atoms with Crippen molar-refractivity contribution in [1.82, 2.24) is 10.2 Å². The first-order chi connectivity index (χ1) is 23.5. The number of allylic oxidation sites excluding steroid dienone is 5. The summed E-state index contributed by atoms with van der Waals surface area (Å²) >= 11 is 0. The lowest BCUT2D eigenvalue weighted by Gasteiger charge is -2.72. The molecule has 50 heavy (non-hydrogen) atoms. The van der Waals surface area contributed by atoms with Crippen LogP contribution in [-0.4, -0.2) is 69.6 Å². The molecule has 280 valence electrons. The molecule has 0 aromatic carbocycles. The van der Waals surface area contributed by atoms with E-state index in [0.717, 1.165) is 31.8 Å². The topological polar surface area (TPSA) is 75.7 Å². The predicted molar refractivity (Wildman–Crippen MR) is 203 cm³/mol. The summed E-state index contributed by atoms with van der Waals surface area (Å²) in [5.74, 6) is 4.13. The van der Waals surface area contributed by atoms with Gasteiger partial charge in [-0.1, -0.05) is 58.9 Å². The van der Waals surface area contributed by atoms with Crippen LogP contribution >= 0.6 is 0 Å². The number of carbonyl (C=O) groups is 1. The van der Waals surface area contributed by atoms with E-state index in [4.69, 9.17) is 4.74 Å². The van der Waals surface area contributed by atoms with Crippen molar-refractivity contribution >= 4 is 15.8 Å². The number of nitrogens with one attached hydrogen (secondary N) is 1. The predicted octanol–water partition coefficient (Wildman–Crippen LogP) is 8.15. The number of fused-ring (bicyclic) bond motifs is 7. The van der Waals surface area contributed by atoms with E-state index >= 15 is 0 Å². The number of carbonyl (C=O) groups excluding carboxylic acids is 1. The highest BCUT2D eigenvalue weighted by Crippen LogP contribution is 2.76. The van der Waals surface area contributed by atoms with Crippen LogP contribution in [0.4, 0.5) is 0 Å². The van der Waals surface area contributed by atoms with Crippen LogP contribution in [-0.2, 0) is 19.4 Å². The first-order valence-electron chi connectivity index (χ1n) is 20.3. The minimum atomic E-state index is -2.85. The first-order valence-corrected chi connectivity index (χ1v) is 22.1. The molecule has 0 aromatic rings. The summed E-state index contributed by atoms with van der Waals surface area (Å²) in [6.07, 6.45) is 19.3. The van der Waals surface area contributed by atoms with Crippen molar-refractivity contribution in [3.05, 3.63) is 35.5 Å². The molecule has 7 aliphatic rings. The first kappa shape index (κ1) is 36.9. The summed E-state index contributed by atoms with van der Waals surface area (Å²) in [6, 6.07) is 0. The number of nitrogens with zero attached hydrogens (tertiary/aromatic N) is 1. The molecule has 5 fully saturated rings. The number of sulfone groups is 1. The SMILES string of the molecule is C=C(C)C1CCC2(NCCN3CCS(=O)(=O)CC3)CCC3(C)C(CCC4C5(C)CC=C(C6=CC(CC(=O)OC)CC6)C(C)(C)C5CCC43C)C12. The van der Waals surface area contributed by atoms with E-state index in [1.165, 1.54) is 76.0 Å². The van der Waals surface area contributed by atoms with Gasteiger partial charge in [0.1, 0.15) is 0 Å². The molecule has 7 heteroatoms. The minimum absolute atomic E-state index is 0.0903. The number of hydrogen-bond acceptors (Lipinski definition) is 6.